The molecule has 0 amide bonds. The lowest BCUT2D eigenvalue weighted by Crippen LogP contribution is -2.21. The van der Waals surface area contributed by atoms with Crippen molar-refractivity contribution in [2.24, 2.45) is 0 Å². The molecule has 1 atom stereocenters. The summed E-state index contributed by atoms with van der Waals surface area (Å²) in [7, 11) is 0.832. The summed E-state index contributed by atoms with van der Waals surface area (Å²) in [6.07, 6.45) is 7.50. The zero-order valence-corrected chi connectivity index (χ0v) is 13.8. The van der Waals surface area contributed by atoms with Crippen LogP contribution in [0.4, 0.5) is 0 Å². The second-order valence-corrected chi connectivity index (χ2v) is 6.99. The van der Waals surface area contributed by atoms with Crippen LogP contribution in [0.5, 0.6) is 0 Å². The SMILES string of the molecule is C=CPC(CCC)(CCC)c1ccccc1CCC. The fourth-order valence-corrected chi connectivity index (χ4v) is 4.72. The molecule has 0 bridgehead atoms. The first-order valence-electron chi connectivity index (χ1n) is 7.71. The first-order valence-corrected chi connectivity index (χ1v) is 8.78. The molecule has 1 aromatic carbocycles. The van der Waals surface area contributed by atoms with E-state index in [1.54, 1.807) is 11.1 Å². The quantitative estimate of drug-likeness (QED) is 0.467. The Bertz CT molecular complexity index is 375. The molecular weight excluding hydrogens is 247 g/mol. The highest BCUT2D eigenvalue weighted by atomic mass is 31.1. The highest BCUT2D eigenvalue weighted by molar-refractivity contribution is 7.43. The lowest BCUT2D eigenvalue weighted by atomic mass is 9.85. The molecule has 1 rings (SSSR count). The van der Waals surface area contributed by atoms with Gasteiger partial charge in [-0.2, -0.15) is 0 Å². The van der Waals surface area contributed by atoms with Crippen molar-refractivity contribution in [2.75, 3.05) is 0 Å². The van der Waals surface area contributed by atoms with Crippen molar-refractivity contribution in [3.63, 3.8) is 0 Å². The molecule has 0 saturated heterocycles. The lowest BCUT2D eigenvalue weighted by molar-refractivity contribution is 0.502. The maximum Gasteiger partial charge on any atom is 0.0164 e. The van der Waals surface area contributed by atoms with Crippen LogP contribution in [-0.2, 0) is 11.6 Å². The second kappa shape index (κ2) is 8.54. The van der Waals surface area contributed by atoms with Gasteiger partial charge in [-0.15, -0.1) is 0 Å². The fourth-order valence-electron chi connectivity index (χ4n) is 3.14. The Labute approximate surface area is 121 Å². The molecule has 19 heavy (non-hydrogen) atoms. The molecule has 0 aromatic heterocycles. The number of aryl methyl sites for hydroxylation is 1. The van der Waals surface area contributed by atoms with Gasteiger partial charge in [0.15, 0.2) is 0 Å². The minimum absolute atomic E-state index is 0.344. The van der Waals surface area contributed by atoms with Crippen molar-refractivity contribution in [1.29, 1.82) is 0 Å². The Hall–Kier alpha value is -0.610. The molecule has 0 aliphatic carbocycles. The van der Waals surface area contributed by atoms with Gasteiger partial charge in [0.2, 0.25) is 0 Å². The zero-order chi connectivity index (χ0) is 14.1. The van der Waals surface area contributed by atoms with Crippen molar-refractivity contribution in [2.45, 2.75) is 64.5 Å². The molecule has 0 heterocycles. The number of hydrogen-bond donors (Lipinski definition) is 0. The van der Waals surface area contributed by atoms with Crippen LogP contribution < -0.4 is 0 Å². The van der Waals surface area contributed by atoms with Gasteiger partial charge in [0, 0.05) is 5.16 Å². The molecule has 0 nitrogen and oxygen atoms in total. The molecule has 0 saturated carbocycles. The van der Waals surface area contributed by atoms with Crippen LogP contribution in [0.15, 0.2) is 36.7 Å². The second-order valence-electron chi connectivity index (χ2n) is 5.34. The minimum Gasteiger partial charge on any atom is -0.0988 e. The summed E-state index contributed by atoms with van der Waals surface area (Å²) in [5.41, 5.74) is 3.15. The molecule has 0 spiro atoms. The molecule has 0 aliphatic heterocycles. The Morgan fingerprint density at radius 3 is 2.21 bits per heavy atom. The van der Waals surface area contributed by atoms with E-state index in [1.165, 1.54) is 38.5 Å². The van der Waals surface area contributed by atoms with E-state index < -0.39 is 0 Å². The molecule has 0 aliphatic rings. The van der Waals surface area contributed by atoms with Crippen molar-refractivity contribution < 1.29 is 0 Å². The summed E-state index contributed by atoms with van der Waals surface area (Å²) in [6, 6.07) is 9.09. The standard InChI is InChI=1S/C18H29P/c1-5-11-16-12-9-10-13-17(16)18(14-6-2,15-7-3)19-8-4/h8-10,12-13,19H,4-7,11,14-15H2,1-3H3. The molecule has 1 heteroatoms. The molecule has 0 radical (unpaired) electrons. The summed E-state index contributed by atoms with van der Waals surface area (Å²) in [4.78, 5) is 0. The Morgan fingerprint density at radius 1 is 1.05 bits per heavy atom. The lowest BCUT2D eigenvalue weighted by Gasteiger charge is -2.35. The van der Waals surface area contributed by atoms with E-state index in [2.05, 4.69) is 57.4 Å². The van der Waals surface area contributed by atoms with E-state index in [4.69, 9.17) is 0 Å². The van der Waals surface area contributed by atoms with Gasteiger partial charge in [0.05, 0.1) is 0 Å². The van der Waals surface area contributed by atoms with Gasteiger partial charge in [-0.1, -0.05) is 85.3 Å². The van der Waals surface area contributed by atoms with Gasteiger partial charge in [-0.3, -0.25) is 0 Å². The first-order chi connectivity index (χ1) is 9.24. The maximum atomic E-state index is 4.02. The van der Waals surface area contributed by atoms with Gasteiger partial charge in [0.1, 0.15) is 0 Å². The molecule has 0 fully saturated rings. The predicted octanol–water partition coefficient (Wildman–Crippen LogP) is 6.26. The molecule has 1 unspecified atom stereocenters. The van der Waals surface area contributed by atoms with Gasteiger partial charge in [0.25, 0.3) is 0 Å². The number of benzene rings is 1. The fraction of sp³-hybridized carbons (Fsp3) is 0.556. The molecule has 0 N–H and O–H groups in total. The maximum absolute atomic E-state index is 4.02. The summed E-state index contributed by atoms with van der Waals surface area (Å²) in [5.74, 6) is 2.15. The van der Waals surface area contributed by atoms with Crippen LogP contribution in [0.25, 0.3) is 0 Å². The average Bonchev–Trinajstić information content (AvgIpc) is 2.40. The normalized spacial score (nSPS) is 12.2. The van der Waals surface area contributed by atoms with Crippen LogP contribution in [0.2, 0.25) is 0 Å². The number of hydrogen-bond acceptors (Lipinski definition) is 0. The summed E-state index contributed by atoms with van der Waals surface area (Å²) < 4.78 is 0. The third-order valence-corrected chi connectivity index (χ3v) is 5.31. The first kappa shape index (κ1) is 16.4. The van der Waals surface area contributed by atoms with E-state index in [0.29, 0.717) is 5.16 Å². The molecule has 106 valence electrons. The Kier molecular flexibility index (Phi) is 7.39. The average molecular weight is 276 g/mol. The van der Waals surface area contributed by atoms with E-state index in [9.17, 15) is 0 Å². The topological polar surface area (TPSA) is 0 Å². The smallest absolute Gasteiger partial charge is 0.0164 e. The highest BCUT2D eigenvalue weighted by Gasteiger charge is 2.30. The highest BCUT2D eigenvalue weighted by Crippen LogP contribution is 2.50. The summed E-state index contributed by atoms with van der Waals surface area (Å²) in [6.45, 7) is 10.9. The van der Waals surface area contributed by atoms with Crippen molar-refractivity contribution >= 4 is 8.58 Å². The van der Waals surface area contributed by atoms with E-state index in [-0.39, 0.29) is 0 Å². The van der Waals surface area contributed by atoms with Crippen LogP contribution in [0.1, 0.15) is 64.0 Å². The van der Waals surface area contributed by atoms with E-state index >= 15 is 0 Å². The zero-order valence-electron chi connectivity index (χ0n) is 12.8. The van der Waals surface area contributed by atoms with Crippen molar-refractivity contribution in [3.8, 4) is 0 Å². The monoisotopic (exact) mass is 276 g/mol. The third-order valence-electron chi connectivity index (χ3n) is 3.78. The van der Waals surface area contributed by atoms with Crippen LogP contribution in [0.3, 0.4) is 0 Å². The van der Waals surface area contributed by atoms with Gasteiger partial charge in [-0.25, -0.2) is 0 Å². The molecular formula is C18H29P. The van der Waals surface area contributed by atoms with E-state index in [0.717, 1.165) is 8.58 Å². The van der Waals surface area contributed by atoms with Gasteiger partial charge >= 0.3 is 0 Å². The van der Waals surface area contributed by atoms with Crippen LogP contribution in [-0.4, -0.2) is 0 Å². The summed E-state index contributed by atoms with van der Waals surface area (Å²) >= 11 is 0. The largest absolute Gasteiger partial charge is 0.0988 e. The molecule has 1 aromatic rings. The van der Waals surface area contributed by atoms with Gasteiger partial charge in [-0.05, 0) is 30.4 Å². The minimum atomic E-state index is 0.344. The van der Waals surface area contributed by atoms with Crippen LogP contribution in [0, 0.1) is 0 Å². The Morgan fingerprint density at radius 2 is 1.68 bits per heavy atom. The number of rotatable bonds is 9. The predicted molar refractivity (Wildman–Crippen MR) is 90.4 cm³/mol. The third kappa shape index (κ3) is 4.18. The van der Waals surface area contributed by atoms with Crippen molar-refractivity contribution in [1.82, 2.24) is 0 Å². The van der Waals surface area contributed by atoms with Gasteiger partial charge < -0.3 is 0 Å². The van der Waals surface area contributed by atoms with E-state index in [1.807, 2.05) is 0 Å². The van der Waals surface area contributed by atoms with Crippen LogP contribution >= 0.6 is 8.58 Å². The summed E-state index contributed by atoms with van der Waals surface area (Å²) in [5, 5.41) is 0.344. The Balaban J connectivity index is 3.24. The van der Waals surface area contributed by atoms with Crippen molar-refractivity contribution in [3.05, 3.63) is 47.8 Å².